The molecule has 2 nitrogen and oxygen atoms in total. The molecule has 0 saturated carbocycles. The summed E-state index contributed by atoms with van der Waals surface area (Å²) in [5, 5.41) is 10.2. The first kappa shape index (κ1) is 35.3. The Bertz CT molecular complexity index is 3870. The van der Waals surface area contributed by atoms with E-state index in [1.807, 2.05) is 22.7 Å². The predicted molar refractivity (Wildman–Crippen MR) is 270 cm³/mol. The van der Waals surface area contributed by atoms with Crippen molar-refractivity contribution in [3.8, 4) is 27.9 Å². The highest BCUT2D eigenvalue weighted by molar-refractivity contribution is 7.26. The number of para-hydroxylation sites is 2. The summed E-state index contributed by atoms with van der Waals surface area (Å²) >= 11 is 3.75. The molecule has 0 aliphatic rings. The van der Waals surface area contributed by atoms with Crippen LogP contribution in [0.4, 0.5) is 17.1 Å². The molecule has 3 heterocycles. The molecule has 3 aromatic heterocycles. The zero-order valence-electron chi connectivity index (χ0n) is 33.5. The fourth-order valence-corrected chi connectivity index (χ4v) is 12.1. The molecule has 0 amide bonds. The standard InChI is InChI=1S/C58H36N2S2/c1-3-14-37(15-4-1)43-22-13-24-52(57(43)39-27-32-56-49(34-39)48-30-26-38-16-7-8-19-44(38)58(48)62-56)59(41-29-33-55-50(35-41)47-21-10-12-25-54(47)61-55)42-28-31-46-45-20-9-11-23-51(45)60(53(46)36-42)40-17-5-2-6-18-40/h1-36H. The third kappa shape index (κ3) is 5.47. The molecule has 62 heavy (non-hydrogen) atoms. The number of hydrogen-bond donors (Lipinski definition) is 0. The van der Waals surface area contributed by atoms with Gasteiger partial charge in [0.15, 0.2) is 0 Å². The molecule has 0 fully saturated rings. The summed E-state index contributed by atoms with van der Waals surface area (Å²) in [4.78, 5) is 2.50. The number of fused-ring (bicyclic) bond motifs is 11. The lowest BCUT2D eigenvalue weighted by Gasteiger charge is -2.29. The Kier molecular flexibility index (Phi) is 7.99. The summed E-state index contributed by atoms with van der Waals surface area (Å²) in [6, 6.07) is 80.6. The SMILES string of the molecule is c1ccc(-c2cccc(N(c3ccc4sc5ccccc5c4c3)c3ccc4c5ccccc5n(-c5ccccc5)c4c3)c2-c2ccc3sc4c5ccccc5ccc4c3c2)cc1. The molecule has 4 heteroatoms. The van der Waals surface area contributed by atoms with E-state index in [1.54, 1.807) is 0 Å². The summed E-state index contributed by atoms with van der Waals surface area (Å²) in [6.45, 7) is 0. The van der Waals surface area contributed by atoms with Gasteiger partial charge in [-0.3, -0.25) is 0 Å². The van der Waals surface area contributed by atoms with E-state index in [-0.39, 0.29) is 0 Å². The van der Waals surface area contributed by atoms with Gasteiger partial charge in [0.05, 0.1) is 16.7 Å². The number of rotatable bonds is 6. The fourth-order valence-electron chi connectivity index (χ4n) is 9.78. The predicted octanol–water partition coefficient (Wildman–Crippen LogP) is 17.5. The van der Waals surface area contributed by atoms with Gasteiger partial charge in [-0.15, -0.1) is 22.7 Å². The first-order valence-electron chi connectivity index (χ1n) is 21.1. The Morgan fingerprint density at radius 1 is 0.355 bits per heavy atom. The molecule has 13 aromatic rings. The van der Waals surface area contributed by atoms with Crippen molar-refractivity contribution in [3.05, 3.63) is 218 Å². The number of benzene rings is 10. The van der Waals surface area contributed by atoms with Gasteiger partial charge >= 0.3 is 0 Å². The monoisotopic (exact) mass is 824 g/mol. The molecule has 0 aliphatic heterocycles. The van der Waals surface area contributed by atoms with Crippen molar-refractivity contribution in [3.63, 3.8) is 0 Å². The van der Waals surface area contributed by atoms with Crippen LogP contribution < -0.4 is 4.90 Å². The maximum atomic E-state index is 2.50. The molecule has 0 aliphatic carbocycles. The van der Waals surface area contributed by atoms with Gasteiger partial charge in [-0.25, -0.2) is 0 Å². The summed E-state index contributed by atoms with van der Waals surface area (Å²) in [5.41, 5.74) is 11.6. The minimum atomic E-state index is 1.09. The molecule has 0 spiro atoms. The average molecular weight is 825 g/mol. The Morgan fingerprint density at radius 3 is 1.89 bits per heavy atom. The first-order chi connectivity index (χ1) is 30.7. The molecular formula is C58H36N2S2. The zero-order chi connectivity index (χ0) is 40.7. The van der Waals surface area contributed by atoms with Gasteiger partial charge in [-0.1, -0.05) is 146 Å². The summed E-state index contributed by atoms with van der Waals surface area (Å²) in [7, 11) is 0. The summed E-state index contributed by atoms with van der Waals surface area (Å²) in [6.07, 6.45) is 0. The number of aromatic nitrogens is 1. The second-order valence-corrected chi connectivity index (χ2v) is 18.2. The minimum Gasteiger partial charge on any atom is -0.310 e. The van der Waals surface area contributed by atoms with Crippen LogP contribution in [-0.4, -0.2) is 4.57 Å². The largest absolute Gasteiger partial charge is 0.310 e. The van der Waals surface area contributed by atoms with Gasteiger partial charge in [0, 0.05) is 73.7 Å². The van der Waals surface area contributed by atoms with Crippen LogP contribution in [0.3, 0.4) is 0 Å². The average Bonchev–Trinajstić information content (AvgIpc) is 4.01. The van der Waals surface area contributed by atoms with Gasteiger partial charge in [0.1, 0.15) is 0 Å². The third-order valence-corrected chi connectivity index (χ3v) is 14.9. The number of hydrogen-bond acceptors (Lipinski definition) is 3. The van der Waals surface area contributed by atoms with Crippen LogP contribution in [0, 0.1) is 0 Å². The highest BCUT2D eigenvalue weighted by atomic mass is 32.1. The van der Waals surface area contributed by atoms with E-state index >= 15 is 0 Å². The van der Waals surface area contributed by atoms with Gasteiger partial charge in [-0.2, -0.15) is 0 Å². The molecular weight excluding hydrogens is 789 g/mol. The number of anilines is 3. The van der Waals surface area contributed by atoms with E-state index in [2.05, 4.69) is 228 Å². The Balaban J connectivity index is 1.12. The quantitative estimate of drug-likeness (QED) is 0.162. The number of thiophene rings is 2. The molecule has 290 valence electrons. The van der Waals surface area contributed by atoms with Crippen LogP contribution in [0.1, 0.15) is 0 Å². The van der Waals surface area contributed by atoms with Crippen molar-refractivity contribution < 1.29 is 0 Å². The van der Waals surface area contributed by atoms with Gasteiger partial charge in [0.2, 0.25) is 0 Å². The van der Waals surface area contributed by atoms with Crippen LogP contribution in [0.15, 0.2) is 218 Å². The molecule has 13 rings (SSSR count). The topological polar surface area (TPSA) is 8.17 Å². The maximum Gasteiger partial charge on any atom is 0.0561 e. The van der Waals surface area contributed by atoms with Gasteiger partial charge in [-0.05, 0) is 100 Å². The lowest BCUT2D eigenvalue weighted by Crippen LogP contribution is -2.12. The summed E-state index contributed by atoms with van der Waals surface area (Å²) < 4.78 is 7.64. The Labute approximate surface area is 366 Å². The van der Waals surface area contributed by atoms with Crippen LogP contribution in [0.25, 0.3) is 101 Å². The Hall–Kier alpha value is -7.50. The van der Waals surface area contributed by atoms with E-state index in [0.29, 0.717) is 0 Å². The van der Waals surface area contributed by atoms with Crippen LogP contribution in [0.5, 0.6) is 0 Å². The molecule has 0 saturated heterocycles. The highest BCUT2D eigenvalue weighted by Gasteiger charge is 2.24. The highest BCUT2D eigenvalue weighted by Crippen LogP contribution is 2.49. The van der Waals surface area contributed by atoms with Crippen molar-refractivity contribution in [2.75, 3.05) is 4.90 Å². The maximum absolute atomic E-state index is 2.50. The van der Waals surface area contributed by atoms with Crippen molar-refractivity contribution in [2.24, 2.45) is 0 Å². The molecule has 0 atom stereocenters. The van der Waals surface area contributed by atoms with E-state index in [9.17, 15) is 0 Å². The minimum absolute atomic E-state index is 1.09. The molecule has 0 bridgehead atoms. The lowest BCUT2D eigenvalue weighted by atomic mass is 9.91. The van der Waals surface area contributed by atoms with E-state index in [0.717, 1.165) is 22.7 Å². The van der Waals surface area contributed by atoms with Crippen molar-refractivity contribution in [2.45, 2.75) is 0 Å². The molecule has 0 unspecified atom stereocenters. The van der Waals surface area contributed by atoms with E-state index < -0.39 is 0 Å². The van der Waals surface area contributed by atoms with Crippen LogP contribution in [0.2, 0.25) is 0 Å². The van der Waals surface area contributed by atoms with Crippen LogP contribution >= 0.6 is 22.7 Å². The number of nitrogens with zero attached hydrogens (tertiary/aromatic N) is 2. The molecule has 10 aromatic carbocycles. The fraction of sp³-hybridized carbons (Fsp3) is 0. The molecule has 0 radical (unpaired) electrons. The van der Waals surface area contributed by atoms with Crippen LogP contribution in [-0.2, 0) is 0 Å². The van der Waals surface area contributed by atoms with E-state index in [4.69, 9.17) is 0 Å². The summed E-state index contributed by atoms with van der Waals surface area (Å²) in [5.74, 6) is 0. The van der Waals surface area contributed by atoms with Gasteiger partial charge < -0.3 is 9.47 Å². The normalized spacial score (nSPS) is 11.9. The Morgan fingerprint density at radius 2 is 1.00 bits per heavy atom. The lowest BCUT2D eigenvalue weighted by molar-refractivity contribution is 1.18. The second-order valence-electron chi connectivity index (χ2n) is 16.0. The zero-order valence-corrected chi connectivity index (χ0v) is 35.1. The molecule has 0 N–H and O–H groups in total. The van der Waals surface area contributed by atoms with E-state index in [1.165, 1.54) is 95.2 Å². The smallest absolute Gasteiger partial charge is 0.0561 e. The van der Waals surface area contributed by atoms with Crippen molar-refractivity contribution >= 4 is 113 Å². The van der Waals surface area contributed by atoms with Crippen molar-refractivity contribution in [1.29, 1.82) is 0 Å². The second kappa shape index (κ2) is 14.0. The third-order valence-electron chi connectivity index (χ3n) is 12.6. The first-order valence-corrected chi connectivity index (χ1v) is 22.7. The van der Waals surface area contributed by atoms with Crippen molar-refractivity contribution in [1.82, 2.24) is 4.57 Å². The van der Waals surface area contributed by atoms with Gasteiger partial charge in [0.25, 0.3) is 0 Å².